The fourth-order valence-corrected chi connectivity index (χ4v) is 3.09. The van der Waals surface area contributed by atoms with E-state index in [9.17, 15) is 22.8 Å². The molecule has 0 saturated heterocycles. The van der Waals surface area contributed by atoms with E-state index in [-0.39, 0.29) is 6.54 Å². The largest absolute Gasteiger partial charge is 0.431 e. The minimum atomic E-state index is -4.73. The number of aromatic nitrogens is 2. The highest BCUT2D eigenvalue weighted by Gasteiger charge is 2.35. The Morgan fingerprint density at radius 3 is 2.60 bits per heavy atom. The van der Waals surface area contributed by atoms with Crippen LogP contribution in [0.5, 0.6) is 0 Å². The van der Waals surface area contributed by atoms with E-state index in [4.69, 9.17) is 5.73 Å². The number of pyridine rings is 1. The van der Waals surface area contributed by atoms with Gasteiger partial charge in [-0.25, -0.2) is 4.98 Å². The van der Waals surface area contributed by atoms with Gasteiger partial charge in [0, 0.05) is 5.38 Å². The van der Waals surface area contributed by atoms with Crippen molar-refractivity contribution < 1.29 is 18.0 Å². The highest BCUT2D eigenvalue weighted by Crippen LogP contribution is 2.29. The van der Waals surface area contributed by atoms with Crippen molar-refractivity contribution in [3.63, 3.8) is 0 Å². The van der Waals surface area contributed by atoms with Gasteiger partial charge in [0.2, 0.25) is 0 Å². The number of aryl methyl sites for hydroxylation is 1. The summed E-state index contributed by atoms with van der Waals surface area (Å²) in [6.07, 6.45) is -3.09. The second-order valence-corrected chi connectivity index (χ2v) is 6.99. The number of hydrogen-bond donors (Lipinski definition) is 1. The second-order valence-electron chi connectivity index (χ2n) is 6.05. The van der Waals surface area contributed by atoms with Gasteiger partial charge in [0.05, 0.1) is 17.2 Å². The van der Waals surface area contributed by atoms with Crippen molar-refractivity contribution in [1.82, 2.24) is 9.55 Å². The number of nitrogens with zero attached hydrogens (tertiary/aromatic N) is 2. The molecule has 9 heteroatoms. The first-order valence-electron chi connectivity index (χ1n) is 7.63. The highest BCUT2D eigenvalue weighted by atomic mass is 32.1. The first kappa shape index (κ1) is 19.2. The van der Waals surface area contributed by atoms with Gasteiger partial charge in [0.1, 0.15) is 11.3 Å². The predicted octanol–water partition coefficient (Wildman–Crippen LogP) is 3.06. The summed E-state index contributed by atoms with van der Waals surface area (Å²) in [5.41, 5.74) is 2.71. The molecule has 2 N–H and O–H groups in total. The third-order valence-electron chi connectivity index (χ3n) is 3.59. The van der Waals surface area contributed by atoms with E-state index in [1.165, 1.54) is 11.3 Å². The van der Waals surface area contributed by atoms with Crippen LogP contribution in [-0.2, 0) is 19.1 Å². The van der Waals surface area contributed by atoms with Gasteiger partial charge in [0.25, 0.3) is 11.5 Å². The maximum absolute atomic E-state index is 13.2. The van der Waals surface area contributed by atoms with Crippen LogP contribution in [-0.4, -0.2) is 15.5 Å². The molecule has 0 bridgehead atoms. The van der Waals surface area contributed by atoms with Crippen molar-refractivity contribution in [3.05, 3.63) is 49.8 Å². The zero-order valence-electron chi connectivity index (χ0n) is 13.8. The van der Waals surface area contributed by atoms with Crippen molar-refractivity contribution in [2.45, 2.75) is 39.4 Å². The molecule has 25 heavy (non-hydrogen) atoms. The molecule has 1 amide bonds. The molecule has 0 aliphatic heterocycles. The third kappa shape index (κ3) is 4.68. The number of alkyl halides is 3. The number of hydrogen-bond acceptors (Lipinski definition) is 4. The van der Waals surface area contributed by atoms with E-state index >= 15 is 0 Å². The summed E-state index contributed by atoms with van der Waals surface area (Å²) in [7, 11) is 0. The smallest absolute Gasteiger partial charge is 0.365 e. The van der Waals surface area contributed by atoms with Crippen LogP contribution in [0.15, 0.2) is 22.3 Å². The molecular weight excluding hydrogens is 355 g/mol. The summed E-state index contributed by atoms with van der Waals surface area (Å²) in [4.78, 5) is 27.8. The standard InChI is InChI=1S/C16H18F3N3O2S/c1-9(2)3-6-13-21-10(8-25-13)7-22-12(16(17,18)19)5-4-11(14(20)23)15(22)24/h4-5,8-9H,3,6-7H2,1-2H3,(H2,20,23). The van der Waals surface area contributed by atoms with E-state index < -0.39 is 28.9 Å². The quantitative estimate of drug-likeness (QED) is 0.845. The van der Waals surface area contributed by atoms with E-state index in [1.807, 2.05) is 0 Å². The van der Waals surface area contributed by atoms with Crippen molar-refractivity contribution in [2.24, 2.45) is 11.7 Å². The molecule has 0 radical (unpaired) electrons. The first-order chi connectivity index (χ1) is 11.6. The number of primary amides is 1. The summed E-state index contributed by atoms with van der Waals surface area (Å²) in [6.45, 7) is 3.77. The Morgan fingerprint density at radius 1 is 1.36 bits per heavy atom. The van der Waals surface area contributed by atoms with E-state index in [0.29, 0.717) is 22.2 Å². The molecule has 5 nitrogen and oxygen atoms in total. The zero-order chi connectivity index (χ0) is 18.8. The van der Waals surface area contributed by atoms with Gasteiger partial charge in [0.15, 0.2) is 0 Å². The van der Waals surface area contributed by atoms with E-state index in [0.717, 1.165) is 23.9 Å². The van der Waals surface area contributed by atoms with Crippen LogP contribution in [0.1, 0.15) is 47.0 Å². The van der Waals surface area contributed by atoms with Crippen LogP contribution < -0.4 is 11.3 Å². The molecular formula is C16H18F3N3O2S. The van der Waals surface area contributed by atoms with Crippen molar-refractivity contribution >= 4 is 17.2 Å². The molecule has 2 aromatic heterocycles. The number of amides is 1. The fourth-order valence-electron chi connectivity index (χ4n) is 2.28. The number of halogens is 3. The van der Waals surface area contributed by atoms with Gasteiger partial charge in [-0.2, -0.15) is 13.2 Å². The number of nitrogens with two attached hydrogens (primary N) is 1. The molecule has 0 atom stereocenters. The van der Waals surface area contributed by atoms with Crippen LogP contribution in [0, 0.1) is 5.92 Å². The van der Waals surface area contributed by atoms with Gasteiger partial charge in [-0.1, -0.05) is 13.8 Å². The summed E-state index contributed by atoms with van der Waals surface area (Å²) in [5, 5.41) is 2.43. The highest BCUT2D eigenvalue weighted by molar-refractivity contribution is 7.09. The maximum Gasteiger partial charge on any atom is 0.431 e. The molecule has 0 spiro atoms. The first-order valence-corrected chi connectivity index (χ1v) is 8.51. The molecule has 0 aliphatic rings. The van der Waals surface area contributed by atoms with Crippen molar-refractivity contribution in [1.29, 1.82) is 0 Å². The Balaban J connectivity index is 2.39. The molecule has 0 saturated carbocycles. The van der Waals surface area contributed by atoms with Crippen molar-refractivity contribution in [3.8, 4) is 0 Å². The van der Waals surface area contributed by atoms with Gasteiger partial charge in [-0.05, 0) is 30.9 Å². The average Bonchev–Trinajstić information content (AvgIpc) is 2.93. The van der Waals surface area contributed by atoms with Crippen LogP contribution in [0.4, 0.5) is 13.2 Å². The molecule has 0 aliphatic carbocycles. The Kier molecular flexibility index (Phi) is 5.66. The Bertz CT molecular complexity index is 825. The zero-order valence-corrected chi connectivity index (χ0v) is 14.6. The Labute approximate surface area is 146 Å². The minimum Gasteiger partial charge on any atom is -0.365 e. The summed E-state index contributed by atoms with van der Waals surface area (Å²) in [6, 6.07) is 1.49. The van der Waals surface area contributed by atoms with E-state index in [2.05, 4.69) is 18.8 Å². The molecule has 2 aromatic rings. The summed E-state index contributed by atoms with van der Waals surface area (Å²) in [5.74, 6) is -0.581. The Morgan fingerprint density at radius 2 is 2.04 bits per heavy atom. The minimum absolute atomic E-state index is 0.345. The molecule has 2 heterocycles. The van der Waals surface area contributed by atoms with Gasteiger partial charge in [-0.3, -0.25) is 14.2 Å². The number of rotatable bonds is 6. The summed E-state index contributed by atoms with van der Waals surface area (Å²) < 4.78 is 40.1. The van der Waals surface area contributed by atoms with Crippen LogP contribution >= 0.6 is 11.3 Å². The predicted molar refractivity (Wildman–Crippen MR) is 88.6 cm³/mol. The average molecular weight is 373 g/mol. The molecule has 0 aromatic carbocycles. The van der Waals surface area contributed by atoms with Crippen LogP contribution in [0.2, 0.25) is 0 Å². The lowest BCUT2D eigenvalue weighted by Crippen LogP contribution is -2.34. The Hall–Kier alpha value is -2.16. The lowest BCUT2D eigenvalue weighted by atomic mass is 10.1. The second kappa shape index (κ2) is 7.38. The molecule has 0 unspecified atom stereocenters. The van der Waals surface area contributed by atoms with Gasteiger partial charge in [-0.15, -0.1) is 11.3 Å². The third-order valence-corrected chi connectivity index (χ3v) is 4.54. The monoisotopic (exact) mass is 373 g/mol. The van der Waals surface area contributed by atoms with Gasteiger partial charge >= 0.3 is 6.18 Å². The number of carbonyl (C=O) groups excluding carboxylic acids is 1. The lowest BCUT2D eigenvalue weighted by Gasteiger charge is -2.15. The topological polar surface area (TPSA) is 78.0 Å². The fraction of sp³-hybridized carbons (Fsp3) is 0.438. The number of carbonyl (C=O) groups is 1. The molecule has 136 valence electrons. The SMILES string of the molecule is CC(C)CCc1nc(Cn2c(C(F)(F)F)ccc(C(N)=O)c2=O)cs1. The van der Waals surface area contributed by atoms with Crippen LogP contribution in [0.3, 0.4) is 0 Å². The molecule has 2 rings (SSSR count). The normalized spacial score (nSPS) is 11.9. The maximum atomic E-state index is 13.2. The molecule has 0 fully saturated rings. The number of thiazole rings is 1. The van der Waals surface area contributed by atoms with Crippen LogP contribution in [0.25, 0.3) is 0 Å². The van der Waals surface area contributed by atoms with E-state index in [1.54, 1.807) is 5.38 Å². The van der Waals surface area contributed by atoms with Crippen molar-refractivity contribution in [2.75, 3.05) is 0 Å². The summed E-state index contributed by atoms with van der Waals surface area (Å²) >= 11 is 1.34. The van der Waals surface area contributed by atoms with Gasteiger partial charge < -0.3 is 5.73 Å². The lowest BCUT2D eigenvalue weighted by molar-refractivity contribution is -0.144.